The molecule has 4 nitrogen and oxygen atoms in total. The van der Waals surface area contributed by atoms with Crippen LogP contribution in [0.15, 0.2) is 54.6 Å². The SMILES string of the molecule is CN(CCCNC(=S)Nc1ccc(OC(F)F)cc1)Cc1ccccc1. The van der Waals surface area contributed by atoms with Gasteiger partial charge in [0, 0.05) is 18.8 Å². The van der Waals surface area contributed by atoms with E-state index < -0.39 is 6.61 Å². The molecule has 0 aliphatic rings. The zero-order chi connectivity index (χ0) is 18.8. The molecule has 2 aromatic rings. The molecule has 2 aromatic carbocycles. The second-order valence-electron chi connectivity index (χ2n) is 5.86. The number of anilines is 1. The molecule has 0 bridgehead atoms. The maximum absolute atomic E-state index is 12.1. The lowest BCUT2D eigenvalue weighted by Gasteiger charge is -2.17. The highest BCUT2D eigenvalue weighted by Crippen LogP contribution is 2.17. The quantitative estimate of drug-likeness (QED) is 0.507. The van der Waals surface area contributed by atoms with Crippen LogP contribution >= 0.6 is 12.2 Å². The van der Waals surface area contributed by atoms with E-state index in [1.807, 2.05) is 18.2 Å². The minimum Gasteiger partial charge on any atom is -0.435 e. The smallest absolute Gasteiger partial charge is 0.387 e. The Morgan fingerprint density at radius 1 is 1.12 bits per heavy atom. The van der Waals surface area contributed by atoms with Crippen LogP contribution in [-0.4, -0.2) is 36.8 Å². The molecular weight excluding hydrogens is 356 g/mol. The van der Waals surface area contributed by atoms with E-state index in [1.165, 1.54) is 17.7 Å². The summed E-state index contributed by atoms with van der Waals surface area (Å²) < 4.78 is 28.5. The first-order valence-corrected chi connectivity index (χ1v) is 8.76. The first-order chi connectivity index (χ1) is 12.5. The molecule has 2 N–H and O–H groups in total. The Labute approximate surface area is 158 Å². The van der Waals surface area contributed by atoms with E-state index in [-0.39, 0.29) is 5.75 Å². The largest absolute Gasteiger partial charge is 0.435 e. The highest BCUT2D eigenvalue weighted by Gasteiger charge is 2.04. The number of hydrogen-bond donors (Lipinski definition) is 2. The summed E-state index contributed by atoms with van der Waals surface area (Å²) in [6.45, 7) is -0.213. The third-order valence-corrected chi connectivity index (χ3v) is 3.88. The molecule has 0 aliphatic heterocycles. The van der Waals surface area contributed by atoms with Gasteiger partial charge in [-0.2, -0.15) is 8.78 Å². The summed E-state index contributed by atoms with van der Waals surface area (Å²) in [5, 5.41) is 6.65. The normalized spacial score (nSPS) is 10.8. The van der Waals surface area contributed by atoms with Crippen molar-refractivity contribution in [3.63, 3.8) is 0 Å². The molecule has 7 heteroatoms. The minimum atomic E-state index is -2.82. The Bertz CT molecular complexity index is 668. The van der Waals surface area contributed by atoms with E-state index in [4.69, 9.17) is 12.2 Å². The van der Waals surface area contributed by atoms with E-state index in [0.717, 1.165) is 26.1 Å². The number of nitrogens with zero attached hydrogens (tertiary/aromatic N) is 1. The molecule has 0 aliphatic carbocycles. The fraction of sp³-hybridized carbons (Fsp3) is 0.316. The number of alkyl halides is 2. The molecule has 0 saturated heterocycles. The Kier molecular flexibility index (Phi) is 8.24. The number of benzene rings is 2. The van der Waals surface area contributed by atoms with Crippen molar-refractivity contribution in [3.05, 3.63) is 60.2 Å². The van der Waals surface area contributed by atoms with Crippen LogP contribution in [0, 0.1) is 0 Å². The molecule has 26 heavy (non-hydrogen) atoms. The van der Waals surface area contributed by atoms with Crippen LogP contribution < -0.4 is 15.4 Å². The lowest BCUT2D eigenvalue weighted by Crippen LogP contribution is -2.31. The maximum atomic E-state index is 12.1. The summed E-state index contributed by atoms with van der Waals surface area (Å²) in [6, 6.07) is 16.5. The van der Waals surface area contributed by atoms with Gasteiger partial charge in [0.05, 0.1) is 0 Å². The van der Waals surface area contributed by atoms with Gasteiger partial charge < -0.3 is 20.3 Å². The topological polar surface area (TPSA) is 36.5 Å². The Morgan fingerprint density at radius 2 is 1.81 bits per heavy atom. The van der Waals surface area contributed by atoms with Crippen LogP contribution in [0.5, 0.6) is 5.75 Å². The van der Waals surface area contributed by atoms with Crippen molar-refractivity contribution in [2.45, 2.75) is 19.6 Å². The monoisotopic (exact) mass is 379 g/mol. The van der Waals surface area contributed by atoms with Crippen molar-refractivity contribution < 1.29 is 13.5 Å². The van der Waals surface area contributed by atoms with Crippen molar-refractivity contribution in [1.82, 2.24) is 10.2 Å². The molecular formula is C19H23F2N3OS. The molecule has 0 saturated carbocycles. The molecule has 0 amide bonds. The van der Waals surface area contributed by atoms with Crippen molar-refractivity contribution in [2.75, 3.05) is 25.5 Å². The zero-order valence-electron chi connectivity index (χ0n) is 14.6. The van der Waals surface area contributed by atoms with Gasteiger partial charge in [-0.25, -0.2) is 0 Å². The van der Waals surface area contributed by atoms with E-state index in [2.05, 4.69) is 39.5 Å². The molecule has 140 valence electrons. The third kappa shape index (κ3) is 7.76. The number of hydrogen-bond acceptors (Lipinski definition) is 3. The second kappa shape index (κ2) is 10.7. The predicted molar refractivity (Wildman–Crippen MR) is 105 cm³/mol. The number of thiocarbonyl (C=S) groups is 1. The van der Waals surface area contributed by atoms with E-state index in [9.17, 15) is 8.78 Å². The highest BCUT2D eigenvalue weighted by molar-refractivity contribution is 7.80. The van der Waals surface area contributed by atoms with Crippen molar-refractivity contribution in [2.24, 2.45) is 0 Å². The molecule has 0 radical (unpaired) electrons. The molecule has 0 unspecified atom stereocenters. The van der Waals surface area contributed by atoms with Crippen molar-refractivity contribution in [3.8, 4) is 5.75 Å². The molecule has 0 fully saturated rings. The van der Waals surface area contributed by atoms with Crippen LogP contribution in [0.3, 0.4) is 0 Å². The standard InChI is InChI=1S/C19H23F2N3OS/c1-24(14-15-6-3-2-4-7-15)13-5-12-22-19(26)23-16-8-10-17(11-9-16)25-18(20)21/h2-4,6-11,18H,5,12-14H2,1H3,(H2,22,23,26). The van der Waals surface area contributed by atoms with Crippen molar-refractivity contribution >= 4 is 23.0 Å². The van der Waals surface area contributed by atoms with Crippen LogP contribution in [0.4, 0.5) is 14.5 Å². The van der Waals surface area contributed by atoms with Gasteiger partial charge in [-0.05, 0) is 62.1 Å². The van der Waals surface area contributed by atoms with E-state index in [0.29, 0.717) is 10.8 Å². The molecule has 0 aromatic heterocycles. The van der Waals surface area contributed by atoms with Crippen LogP contribution in [0.1, 0.15) is 12.0 Å². The van der Waals surface area contributed by atoms with Gasteiger partial charge in [0.2, 0.25) is 0 Å². The predicted octanol–water partition coefficient (Wildman–Crippen LogP) is 4.10. The first-order valence-electron chi connectivity index (χ1n) is 8.35. The van der Waals surface area contributed by atoms with Gasteiger partial charge in [0.1, 0.15) is 5.75 Å². The summed E-state index contributed by atoms with van der Waals surface area (Å²) >= 11 is 5.24. The Balaban J connectivity index is 1.62. The van der Waals surface area contributed by atoms with Crippen LogP contribution in [0.25, 0.3) is 0 Å². The maximum Gasteiger partial charge on any atom is 0.387 e. The van der Waals surface area contributed by atoms with Gasteiger partial charge in [0.25, 0.3) is 0 Å². The minimum absolute atomic E-state index is 0.117. The molecule has 0 spiro atoms. The number of nitrogens with one attached hydrogen (secondary N) is 2. The summed E-state index contributed by atoms with van der Waals surface area (Å²) in [7, 11) is 2.09. The Hall–Kier alpha value is -2.25. The molecule has 0 heterocycles. The fourth-order valence-electron chi connectivity index (χ4n) is 2.42. The van der Waals surface area contributed by atoms with Gasteiger partial charge in [-0.1, -0.05) is 30.3 Å². The second-order valence-corrected chi connectivity index (χ2v) is 6.27. The summed E-state index contributed by atoms with van der Waals surface area (Å²) in [4.78, 5) is 2.26. The Morgan fingerprint density at radius 3 is 2.46 bits per heavy atom. The van der Waals surface area contributed by atoms with Crippen LogP contribution in [0.2, 0.25) is 0 Å². The number of ether oxygens (including phenoxy) is 1. The fourth-order valence-corrected chi connectivity index (χ4v) is 2.64. The average Bonchev–Trinajstić information content (AvgIpc) is 2.61. The molecule has 2 rings (SSSR count). The van der Waals surface area contributed by atoms with Crippen molar-refractivity contribution in [1.29, 1.82) is 0 Å². The van der Waals surface area contributed by atoms with Crippen LogP contribution in [-0.2, 0) is 6.54 Å². The lowest BCUT2D eigenvalue weighted by molar-refractivity contribution is -0.0498. The van der Waals surface area contributed by atoms with Gasteiger partial charge in [0.15, 0.2) is 5.11 Å². The molecule has 0 atom stereocenters. The third-order valence-electron chi connectivity index (χ3n) is 3.63. The number of rotatable bonds is 9. The van der Waals surface area contributed by atoms with Gasteiger partial charge in [-0.3, -0.25) is 0 Å². The average molecular weight is 379 g/mol. The van der Waals surface area contributed by atoms with E-state index >= 15 is 0 Å². The first kappa shape index (κ1) is 20.1. The highest BCUT2D eigenvalue weighted by atomic mass is 32.1. The number of halogens is 2. The van der Waals surface area contributed by atoms with Gasteiger partial charge in [-0.15, -0.1) is 0 Å². The van der Waals surface area contributed by atoms with Gasteiger partial charge >= 0.3 is 6.61 Å². The lowest BCUT2D eigenvalue weighted by atomic mass is 10.2. The van der Waals surface area contributed by atoms with E-state index in [1.54, 1.807) is 12.1 Å². The summed E-state index contributed by atoms with van der Waals surface area (Å²) in [6.07, 6.45) is 0.951. The zero-order valence-corrected chi connectivity index (χ0v) is 15.4. The summed E-state index contributed by atoms with van der Waals surface area (Å²) in [5.41, 5.74) is 2.00. The summed E-state index contributed by atoms with van der Waals surface area (Å²) in [5.74, 6) is 0.117.